The molecule has 6 nitrogen and oxygen atoms in total. The summed E-state index contributed by atoms with van der Waals surface area (Å²) in [6, 6.07) is 5.98. The molecule has 1 fully saturated rings. The minimum atomic E-state index is 0.281. The number of methoxy groups -OCH3 is 2. The lowest BCUT2D eigenvalue weighted by Gasteiger charge is -2.26. The van der Waals surface area contributed by atoms with Crippen molar-refractivity contribution in [1.29, 1.82) is 0 Å². The van der Waals surface area contributed by atoms with Crippen LogP contribution >= 0.6 is 0 Å². The van der Waals surface area contributed by atoms with Gasteiger partial charge in [-0.1, -0.05) is 12.6 Å². The molecule has 1 aliphatic heterocycles. The van der Waals surface area contributed by atoms with Gasteiger partial charge in [-0.15, -0.1) is 0 Å². The molecule has 0 radical (unpaired) electrons. The van der Waals surface area contributed by atoms with Gasteiger partial charge in [0.2, 0.25) is 0 Å². The molecular weight excluding hydrogens is 342 g/mol. The molecule has 1 aromatic carbocycles. The van der Waals surface area contributed by atoms with Crippen LogP contribution in [0.3, 0.4) is 0 Å². The van der Waals surface area contributed by atoms with E-state index in [0.717, 1.165) is 61.8 Å². The van der Waals surface area contributed by atoms with Gasteiger partial charge in [-0.3, -0.25) is 4.90 Å². The van der Waals surface area contributed by atoms with E-state index in [1.807, 2.05) is 23.0 Å². The maximum atomic E-state index is 5.88. The molecular formula is C21H29N3O3. The number of hydrogen-bond acceptors (Lipinski definition) is 5. The van der Waals surface area contributed by atoms with Gasteiger partial charge < -0.3 is 14.2 Å². The third-order valence-electron chi connectivity index (χ3n) is 5.09. The van der Waals surface area contributed by atoms with Crippen LogP contribution in [-0.4, -0.2) is 48.2 Å². The highest BCUT2D eigenvalue weighted by molar-refractivity contribution is 5.40. The first kappa shape index (κ1) is 19.5. The quantitative estimate of drug-likeness (QED) is 0.675. The first-order valence-corrected chi connectivity index (χ1v) is 9.35. The van der Waals surface area contributed by atoms with Crippen LogP contribution < -0.4 is 9.47 Å². The van der Waals surface area contributed by atoms with E-state index >= 15 is 0 Å². The lowest BCUT2D eigenvalue weighted by molar-refractivity contribution is 0.0675. The fourth-order valence-electron chi connectivity index (χ4n) is 3.52. The third-order valence-corrected chi connectivity index (χ3v) is 5.09. The molecule has 0 saturated carbocycles. The van der Waals surface area contributed by atoms with Crippen molar-refractivity contribution < 1.29 is 14.2 Å². The monoisotopic (exact) mass is 371 g/mol. The van der Waals surface area contributed by atoms with Crippen molar-refractivity contribution in [3.63, 3.8) is 0 Å². The second-order valence-corrected chi connectivity index (χ2v) is 6.86. The van der Waals surface area contributed by atoms with E-state index in [0.29, 0.717) is 0 Å². The predicted octanol–water partition coefficient (Wildman–Crippen LogP) is 3.49. The number of rotatable bonds is 9. The Morgan fingerprint density at radius 3 is 2.74 bits per heavy atom. The molecule has 0 bridgehead atoms. The van der Waals surface area contributed by atoms with Gasteiger partial charge in [0.15, 0.2) is 0 Å². The summed E-state index contributed by atoms with van der Waals surface area (Å²) >= 11 is 0. The van der Waals surface area contributed by atoms with Gasteiger partial charge in [-0.05, 0) is 25.8 Å². The maximum absolute atomic E-state index is 5.88. The van der Waals surface area contributed by atoms with Crippen molar-refractivity contribution in [2.24, 2.45) is 0 Å². The molecule has 1 aliphatic rings. The van der Waals surface area contributed by atoms with Crippen LogP contribution in [0, 0.1) is 6.92 Å². The largest absolute Gasteiger partial charge is 0.497 e. The Labute approximate surface area is 161 Å². The lowest BCUT2D eigenvalue weighted by Crippen LogP contribution is -2.31. The molecule has 1 saturated heterocycles. The van der Waals surface area contributed by atoms with Gasteiger partial charge in [0.1, 0.15) is 11.5 Å². The summed E-state index contributed by atoms with van der Waals surface area (Å²) in [6.07, 6.45) is 6.18. The van der Waals surface area contributed by atoms with Crippen molar-refractivity contribution in [2.75, 3.05) is 27.4 Å². The van der Waals surface area contributed by atoms with Crippen LogP contribution in [0.15, 0.2) is 31.0 Å². The number of hydrogen-bond donors (Lipinski definition) is 0. The first-order valence-electron chi connectivity index (χ1n) is 9.35. The molecule has 146 valence electrons. The molecule has 0 aliphatic carbocycles. The van der Waals surface area contributed by atoms with Crippen molar-refractivity contribution in [1.82, 2.24) is 14.7 Å². The second-order valence-electron chi connectivity index (χ2n) is 6.86. The van der Waals surface area contributed by atoms with Crippen molar-refractivity contribution >= 4 is 6.20 Å². The van der Waals surface area contributed by atoms with E-state index in [1.54, 1.807) is 20.4 Å². The van der Waals surface area contributed by atoms with Crippen LogP contribution in [0.2, 0.25) is 0 Å². The van der Waals surface area contributed by atoms with E-state index in [2.05, 4.69) is 29.6 Å². The third kappa shape index (κ3) is 4.70. The predicted molar refractivity (Wildman–Crippen MR) is 106 cm³/mol. The molecule has 0 spiro atoms. The lowest BCUT2D eigenvalue weighted by atomic mass is 10.1. The zero-order valence-corrected chi connectivity index (χ0v) is 16.5. The average molecular weight is 371 g/mol. The van der Waals surface area contributed by atoms with Crippen molar-refractivity contribution in [3.8, 4) is 11.5 Å². The summed E-state index contributed by atoms with van der Waals surface area (Å²) in [5.74, 6) is 1.63. The molecule has 2 heterocycles. The van der Waals surface area contributed by atoms with Gasteiger partial charge in [0.05, 0.1) is 26.5 Å². The Kier molecular flexibility index (Phi) is 6.53. The topological polar surface area (TPSA) is 48.8 Å². The molecule has 2 aromatic rings. The molecule has 0 N–H and O–H groups in total. The zero-order chi connectivity index (χ0) is 19.2. The summed E-state index contributed by atoms with van der Waals surface area (Å²) in [7, 11) is 3.36. The Morgan fingerprint density at radius 2 is 2.11 bits per heavy atom. The first-order chi connectivity index (χ1) is 13.1. The van der Waals surface area contributed by atoms with Gasteiger partial charge in [-0.2, -0.15) is 5.10 Å². The minimum absolute atomic E-state index is 0.281. The van der Waals surface area contributed by atoms with E-state index in [9.17, 15) is 0 Å². The van der Waals surface area contributed by atoms with Crippen molar-refractivity contribution in [2.45, 2.75) is 39.0 Å². The van der Waals surface area contributed by atoms with Crippen LogP contribution in [0.4, 0.5) is 0 Å². The molecule has 0 unspecified atom stereocenters. The number of nitrogens with zero attached hydrogens (tertiary/aromatic N) is 3. The summed E-state index contributed by atoms with van der Waals surface area (Å²) in [5.41, 5.74) is 3.44. The molecule has 27 heavy (non-hydrogen) atoms. The number of benzene rings is 1. The Balaban J connectivity index is 1.80. The Hall–Kier alpha value is -2.31. The summed E-state index contributed by atoms with van der Waals surface area (Å²) < 4.78 is 18.6. The van der Waals surface area contributed by atoms with Gasteiger partial charge >= 0.3 is 0 Å². The molecule has 1 atom stereocenters. The summed E-state index contributed by atoms with van der Waals surface area (Å²) in [5, 5.41) is 4.38. The SMILES string of the molecule is C=Cn1ncc(CN(Cc2ccc(OC)cc2OC)C[C@H]2CCCO2)c1C. The Bertz CT molecular complexity index is 766. The molecule has 1 aromatic heterocycles. The average Bonchev–Trinajstić information content (AvgIpc) is 3.32. The summed E-state index contributed by atoms with van der Waals surface area (Å²) in [4.78, 5) is 2.40. The van der Waals surface area contributed by atoms with Crippen LogP contribution in [0.5, 0.6) is 11.5 Å². The molecule has 3 rings (SSSR count). The minimum Gasteiger partial charge on any atom is -0.497 e. The zero-order valence-electron chi connectivity index (χ0n) is 16.5. The van der Waals surface area contributed by atoms with Crippen molar-refractivity contribution in [3.05, 3.63) is 47.8 Å². The van der Waals surface area contributed by atoms with Gasteiger partial charge in [0.25, 0.3) is 0 Å². The van der Waals surface area contributed by atoms with Crippen LogP contribution in [0.1, 0.15) is 29.7 Å². The highest BCUT2D eigenvalue weighted by atomic mass is 16.5. The fourth-order valence-corrected chi connectivity index (χ4v) is 3.52. The van der Waals surface area contributed by atoms with Gasteiger partial charge in [-0.25, -0.2) is 4.68 Å². The highest BCUT2D eigenvalue weighted by Crippen LogP contribution is 2.27. The Morgan fingerprint density at radius 1 is 1.30 bits per heavy atom. The highest BCUT2D eigenvalue weighted by Gasteiger charge is 2.21. The van der Waals surface area contributed by atoms with Crippen LogP contribution in [0.25, 0.3) is 6.20 Å². The van der Waals surface area contributed by atoms with E-state index < -0.39 is 0 Å². The van der Waals surface area contributed by atoms with E-state index in [4.69, 9.17) is 14.2 Å². The normalized spacial score (nSPS) is 16.7. The van der Waals surface area contributed by atoms with Gasteiger partial charge in [0, 0.05) is 55.3 Å². The van der Waals surface area contributed by atoms with E-state index in [-0.39, 0.29) is 6.10 Å². The van der Waals surface area contributed by atoms with Crippen LogP contribution in [-0.2, 0) is 17.8 Å². The number of ether oxygens (including phenoxy) is 3. The molecule has 0 amide bonds. The number of aromatic nitrogens is 2. The fraction of sp³-hybridized carbons (Fsp3) is 0.476. The standard InChI is InChI=1S/C21H29N3O3/c1-5-24-16(2)18(12-22-24)14-23(15-20-7-6-10-27-20)13-17-8-9-19(25-3)11-21(17)26-4/h5,8-9,11-12,20H,1,6-7,10,13-15H2,2-4H3/t20-/m1/s1. The van der Waals surface area contributed by atoms with E-state index in [1.165, 1.54) is 5.56 Å². The second kappa shape index (κ2) is 9.06. The smallest absolute Gasteiger partial charge is 0.127 e. The maximum Gasteiger partial charge on any atom is 0.127 e. The molecule has 6 heteroatoms. The summed E-state index contributed by atoms with van der Waals surface area (Å²) in [6.45, 7) is 9.20.